The van der Waals surface area contributed by atoms with Crippen LogP contribution in [0.3, 0.4) is 0 Å². The molecular weight excluding hydrogens is 438 g/mol. The van der Waals surface area contributed by atoms with E-state index in [9.17, 15) is 24.5 Å². The quantitative estimate of drug-likeness (QED) is 0.0959. The smallest absolute Gasteiger partial charge is 0.336 e. The summed E-state index contributed by atoms with van der Waals surface area (Å²) in [5.41, 5.74) is 0.405. The molecule has 0 unspecified atom stereocenters. The number of esters is 1. The number of para-hydroxylation sites is 1. The van der Waals surface area contributed by atoms with E-state index in [-0.39, 0.29) is 35.0 Å². The predicted molar refractivity (Wildman–Crippen MR) is 121 cm³/mol. The van der Waals surface area contributed by atoms with Gasteiger partial charge in [-0.3, -0.25) is 19.7 Å². The Hall–Kier alpha value is -4.40. The molecule has 9 nitrogen and oxygen atoms in total. The van der Waals surface area contributed by atoms with Crippen LogP contribution in [0, 0.1) is 33.8 Å². The second kappa shape index (κ2) is 8.51. The molecule has 1 aliphatic heterocycles. The predicted octanol–water partition coefficient (Wildman–Crippen LogP) is 3.35. The summed E-state index contributed by atoms with van der Waals surface area (Å²) in [6.45, 7) is 0. The maximum absolute atomic E-state index is 12.8. The highest BCUT2D eigenvalue weighted by Crippen LogP contribution is 2.52. The molecule has 1 saturated heterocycles. The molecule has 2 fully saturated rings. The highest BCUT2D eigenvalue weighted by molar-refractivity contribution is 6.07. The first-order chi connectivity index (χ1) is 16.4. The molecule has 170 valence electrons. The zero-order chi connectivity index (χ0) is 23.8. The summed E-state index contributed by atoms with van der Waals surface area (Å²) in [5.74, 6) is -2.64. The fourth-order valence-electron chi connectivity index (χ4n) is 4.88. The lowest BCUT2D eigenvalue weighted by molar-refractivity contribution is -0.385. The Morgan fingerprint density at radius 2 is 1.71 bits per heavy atom. The van der Waals surface area contributed by atoms with Crippen molar-refractivity contribution in [2.24, 2.45) is 28.8 Å². The number of hydrazone groups is 1. The number of hydrogen-bond donors (Lipinski definition) is 0. The van der Waals surface area contributed by atoms with Crippen molar-refractivity contribution in [2.45, 2.75) is 6.42 Å². The van der Waals surface area contributed by atoms with E-state index in [0.717, 1.165) is 29.3 Å². The summed E-state index contributed by atoms with van der Waals surface area (Å²) < 4.78 is 5.29. The molecule has 2 aromatic carbocycles. The van der Waals surface area contributed by atoms with Gasteiger partial charge in [0.05, 0.1) is 23.0 Å². The third-order valence-corrected chi connectivity index (χ3v) is 6.39. The van der Waals surface area contributed by atoms with Gasteiger partial charge in [-0.1, -0.05) is 48.6 Å². The van der Waals surface area contributed by atoms with Crippen LogP contribution in [0.25, 0.3) is 6.08 Å². The van der Waals surface area contributed by atoms with E-state index >= 15 is 0 Å². The molecule has 2 amide bonds. The van der Waals surface area contributed by atoms with Crippen LogP contribution in [-0.4, -0.2) is 33.9 Å². The zero-order valence-corrected chi connectivity index (χ0v) is 17.8. The molecule has 5 rings (SSSR count). The van der Waals surface area contributed by atoms with Crippen LogP contribution < -0.4 is 4.74 Å². The lowest BCUT2D eigenvalue weighted by Crippen LogP contribution is -2.28. The van der Waals surface area contributed by atoms with E-state index in [2.05, 4.69) is 5.10 Å². The Morgan fingerprint density at radius 3 is 2.35 bits per heavy atom. The molecule has 4 atom stereocenters. The lowest BCUT2D eigenvalue weighted by atomic mass is 9.85. The number of fused-ring (bicyclic) bond motifs is 5. The number of benzene rings is 2. The number of carbonyl (C=O) groups excluding carboxylic acids is 3. The van der Waals surface area contributed by atoms with Gasteiger partial charge >= 0.3 is 11.7 Å². The van der Waals surface area contributed by atoms with Crippen LogP contribution in [0.5, 0.6) is 5.75 Å². The molecule has 9 heteroatoms. The van der Waals surface area contributed by atoms with Gasteiger partial charge in [0.25, 0.3) is 11.8 Å². The van der Waals surface area contributed by atoms with Crippen molar-refractivity contribution in [1.82, 2.24) is 5.01 Å². The number of rotatable bonds is 6. The van der Waals surface area contributed by atoms with E-state index in [4.69, 9.17) is 4.74 Å². The molecule has 2 aromatic rings. The van der Waals surface area contributed by atoms with E-state index in [1.54, 1.807) is 24.3 Å². The molecule has 1 saturated carbocycles. The van der Waals surface area contributed by atoms with Crippen molar-refractivity contribution in [3.8, 4) is 5.75 Å². The van der Waals surface area contributed by atoms with E-state index in [1.165, 1.54) is 24.3 Å². The summed E-state index contributed by atoms with van der Waals surface area (Å²) in [5, 5.41) is 16.4. The first kappa shape index (κ1) is 21.4. The van der Waals surface area contributed by atoms with Gasteiger partial charge < -0.3 is 4.74 Å². The Balaban J connectivity index is 1.39. The highest BCUT2D eigenvalue weighted by Gasteiger charge is 2.59. The van der Waals surface area contributed by atoms with Gasteiger partial charge in [0, 0.05) is 17.7 Å². The maximum atomic E-state index is 12.8. The van der Waals surface area contributed by atoms with Crippen molar-refractivity contribution in [1.29, 1.82) is 0 Å². The van der Waals surface area contributed by atoms with E-state index < -0.39 is 28.4 Å². The summed E-state index contributed by atoms with van der Waals surface area (Å²) >= 11 is 0. The first-order valence-electron chi connectivity index (χ1n) is 10.8. The van der Waals surface area contributed by atoms with Crippen LogP contribution in [0.15, 0.2) is 71.9 Å². The third-order valence-electron chi connectivity index (χ3n) is 6.39. The van der Waals surface area contributed by atoms with Gasteiger partial charge in [-0.25, -0.2) is 4.79 Å². The normalized spacial score (nSPS) is 25.0. The number of allylic oxidation sites excluding steroid dienone is 2. The van der Waals surface area contributed by atoms with Crippen LogP contribution in [-0.2, 0) is 14.4 Å². The summed E-state index contributed by atoms with van der Waals surface area (Å²) in [4.78, 5) is 48.9. The van der Waals surface area contributed by atoms with Crippen molar-refractivity contribution >= 4 is 35.8 Å². The monoisotopic (exact) mass is 457 g/mol. The first-order valence-corrected chi connectivity index (χ1v) is 10.8. The molecule has 0 aromatic heterocycles. The molecular formula is C25H19N3O6. The van der Waals surface area contributed by atoms with Crippen molar-refractivity contribution in [2.75, 3.05) is 0 Å². The van der Waals surface area contributed by atoms with E-state index in [0.29, 0.717) is 0 Å². The number of hydrogen-bond acceptors (Lipinski definition) is 7. The lowest BCUT2D eigenvalue weighted by Gasteiger charge is -2.13. The summed E-state index contributed by atoms with van der Waals surface area (Å²) in [7, 11) is 0. The zero-order valence-electron chi connectivity index (χ0n) is 17.8. The van der Waals surface area contributed by atoms with Crippen molar-refractivity contribution < 1.29 is 24.0 Å². The molecule has 1 heterocycles. The van der Waals surface area contributed by atoms with Crippen molar-refractivity contribution in [3.63, 3.8) is 0 Å². The Bertz CT molecular complexity index is 1250. The van der Waals surface area contributed by atoms with Crippen LogP contribution in [0.4, 0.5) is 5.69 Å². The fraction of sp³-hybridized carbons (Fsp3) is 0.200. The minimum atomic E-state index is -0.821. The topological polar surface area (TPSA) is 119 Å². The van der Waals surface area contributed by atoms with Crippen molar-refractivity contribution in [3.05, 3.63) is 88.0 Å². The van der Waals surface area contributed by atoms with Gasteiger partial charge in [0.2, 0.25) is 5.75 Å². The number of nitro benzene ring substituents is 1. The standard InChI is InChI=1S/C25H19N3O6/c29-20(12-9-15-5-2-1-3-6-15)34-23-18(7-4-8-19(23)28(32)33)14-26-27-24(30)21-16-10-11-17(13-16)22(21)25(27)31/h1-12,14,16-17,21-22H,13H2/b12-9+,26-14?/t16-,17-,21-,22+/m0/s1. The average Bonchev–Trinajstić information content (AvgIpc) is 3.52. The third kappa shape index (κ3) is 3.71. The number of ether oxygens (including phenoxy) is 1. The molecule has 0 radical (unpaired) electrons. The highest BCUT2D eigenvalue weighted by atomic mass is 16.6. The largest absolute Gasteiger partial charge is 0.415 e. The Labute approximate surface area is 194 Å². The molecule has 0 spiro atoms. The van der Waals surface area contributed by atoms with Gasteiger partial charge in [-0.2, -0.15) is 10.1 Å². The average molecular weight is 457 g/mol. The molecule has 3 aliphatic rings. The second-order valence-electron chi connectivity index (χ2n) is 8.35. The minimum Gasteiger partial charge on any atom is -0.415 e. The van der Waals surface area contributed by atoms with E-state index in [1.807, 2.05) is 18.2 Å². The van der Waals surface area contributed by atoms with Gasteiger partial charge in [-0.05, 0) is 36.0 Å². The number of amides is 2. The van der Waals surface area contributed by atoms with Crippen LogP contribution >= 0.6 is 0 Å². The van der Waals surface area contributed by atoms with Gasteiger partial charge in [0.15, 0.2) is 0 Å². The SMILES string of the molecule is O=C(/C=C/c1ccccc1)Oc1c(C=NN2C(=O)[C@@H]3[C@H](C2=O)[C@H]2C=C[C@H]3C2)cccc1[N+](=O)[O-]. The number of imide groups is 1. The summed E-state index contributed by atoms with van der Waals surface area (Å²) in [6.07, 6.45) is 8.57. The van der Waals surface area contributed by atoms with Crippen LogP contribution in [0.1, 0.15) is 17.5 Å². The number of nitrogens with zero attached hydrogens (tertiary/aromatic N) is 3. The molecule has 0 N–H and O–H groups in total. The molecule has 2 aliphatic carbocycles. The Kier molecular flexibility index (Phi) is 5.37. The van der Waals surface area contributed by atoms with Gasteiger partial charge in [0.1, 0.15) is 0 Å². The Morgan fingerprint density at radius 1 is 1.03 bits per heavy atom. The number of carbonyl (C=O) groups is 3. The fourth-order valence-corrected chi connectivity index (χ4v) is 4.88. The van der Waals surface area contributed by atoms with Gasteiger partial charge in [-0.15, -0.1) is 0 Å². The molecule has 34 heavy (non-hydrogen) atoms. The minimum absolute atomic E-state index is 0.0392. The molecule has 2 bridgehead atoms. The van der Waals surface area contributed by atoms with Crippen LogP contribution in [0.2, 0.25) is 0 Å². The number of nitro groups is 1. The second-order valence-corrected chi connectivity index (χ2v) is 8.35. The maximum Gasteiger partial charge on any atom is 0.336 e. The summed E-state index contributed by atoms with van der Waals surface area (Å²) in [6, 6.07) is 13.1.